The summed E-state index contributed by atoms with van der Waals surface area (Å²) in [5.41, 5.74) is 0. The number of thiophene rings is 1. The number of amides is 2. The van der Waals surface area contributed by atoms with E-state index < -0.39 is 18.0 Å². The third-order valence-electron chi connectivity index (χ3n) is 2.32. The molecular weight excluding hydrogens is 268 g/mol. The lowest BCUT2D eigenvalue weighted by atomic mass is 10.2. The molecule has 0 bridgehead atoms. The zero-order valence-electron chi connectivity index (χ0n) is 9.79. The van der Waals surface area contributed by atoms with E-state index in [0.717, 1.165) is 0 Å². The molecule has 1 atom stereocenters. The van der Waals surface area contributed by atoms with Crippen LogP contribution in [0.3, 0.4) is 0 Å². The molecule has 0 aromatic carbocycles. The van der Waals surface area contributed by atoms with Gasteiger partial charge in [0.1, 0.15) is 5.82 Å². The second kappa shape index (κ2) is 6.01. The van der Waals surface area contributed by atoms with Crippen molar-refractivity contribution in [1.29, 1.82) is 0 Å². The van der Waals surface area contributed by atoms with Crippen LogP contribution in [0.2, 0.25) is 0 Å². The summed E-state index contributed by atoms with van der Waals surface area (Å²) >= 11 is 1.28. The van der Waals surface area contributed by atoms with E-state index in [0.29, 0.717) is 10.7 Å². The van der Waals surface area contributed by atoms with Crippen molar-refractivity contribution in [3.63, 3.8) is 0 Å². The lowest BCUT2D eigenvalue weighted by Gasteiger charge is -2.13. The number of imidazole rings is 1. The zero-order chi connectivity index (χ0) is 13.7. The quantitative estimate of drug-likeness (QED) is 0.657. The summed E-state index contributed by atoms with van der Waals surface area (Å²) in [7, 11) is 0. The minimum Gasteiger partial charge on any atom is -0.479 e. The minimum absolute atomic E-state index is 0.204. The van der Waals surface area contributed by atoms with E-state index in [-0.39, 0.29) is 6.54 Å². The van der Waals surface area contributed by atoms with Crippen molar-refractivity contribution in [3.8, 4) is 0 Å². The highest BCUT2D eigenvalue weighted by Gasteiger charge is 2.22. The zero-order valence-corrected chi connectivity index (χ0v) is 10.6. The molecule has 2 heterocycles. The number of carboxylic acid groups (broad SMARTS) is 1. The van der Waals surface area contributed by atoms with E-state index in [4.69, 9.17) is 5.11 Å². The van der Waals surface area contributed by atoms with Crippen LogP contribution in [0.4, 0.5) is 4.79 Å². The Balaban J connectivity index is 1.90. The average molecular weight is 280 g/mol. The molecular formula is C11H12N4O3S. The molecule has 8 heteroatoms. The minimum atomic E-state index is -1.10. The van der Waals surface area contributed by atoms with Gasteiger partial charge in [0.05, 0.1) is 6.54 Å². The van der Waals surface area contributed by atoms with Crippen LogP contribution in [-0.2, 0) is 11.3 Å². The van der Waals surface area contributed by atoms with Gasteiger partial charge in [0.25, 0.3) is 0 Å². The fourth-order valence-corrected chi connectivity index (χ4v) is 2.22. The Bertz CT molecular complexity index is 538. The lowest BCUT2D eigenvalue weighted by molar-refractivity contribution is -0.139. The number of hydrogen-bond acceptors (Lipinski definition) is 4. The maximum absolute atomic E-state index is 11.6. The van der Waals surface area contributed by atoms with Crippen molar-refractivity contribution in [2.24, 2.45) is 0 Å². The van der Waals surface area contributed by atoms with Gasteiger partial charge in [-0.2, -0.15) is 0 Å². The summed E-state index contributed by atoms with van der Waals surface area (Å²) in [6.07, 6.45) is 3.21. The maximum atomic E-state index is 11.6. The van der Waals surface area contributed by atoms with Crippen LogP contribution in [0.5, 0.6) is 0 Å². The number of aromatic amines is 1. The Kier molecular flexibility index (Phi) is 4.14. The third-order valence-corrected chi connectivity index (χ3v) is 3.26. The number of urea groups is 1. The Morgan fingerprint density at radius 1 is 1.53 bits per heavy atom. The molecule has 0 spiro atoms. The van der Waals surface area contributed by atoms with Crippen LogP contribution < -0.4 is 10.6 Å². The van der Waals surface area contributed by atoms with Crippen LogP contribution >= 0.6 is 11.3 Å². The van der Waals surface area contributed by atoms with Crippen LogP contribution in [0, 0.1) is 0 Å². The normalized spacial score (nSPS) is 11.8. The molecule has 0 aliphatic carbocycles. The first kappa shape index (κ1) is 13.1. The summed E-state index contributed by atoms with van der Waals surface area (Å²) < 4.78 is 0. The van der Waals surface area contributed by atoms with Crippen molar-refractivity contribution in [2.75, 3.05) is 0 Å². The SMILES string of the molecule is O=C(NCc1ncc[nH]1)NC(C(=O)O)c1cccs1. The predicted octanol–water partition coefficient (Wildman–Crippen LogP) is 1.10. The van der Waals surface area contributed by atoms with Gasteiger partial charge in [0.2, 0.25) is 0 Å². The number of nitrogens with zero attached hydrogens (tertiary/aromatic N) is 1. The largest absolute Gasteiger partial charge is 0.479 e. The molecule has 0 aliphatic rings. The number of carbonyl (C=O) groups excluding carboxylic acids is 1. The lowest BCUT2D eigenvalue weighted by Crippen LogP contribution is -2.40. The molecule has 0 radical (unpaired) electrons. The van der Waals surface area contributed by atoms with Crippen molar-refractivity contribution in [2.45, 2.75) is 12.6 Å². The maximum Gasteiger partial charge on any atom is 0.331 e. The molecule has 100 valence electrons. The van der Waals surface area contributed by atoms with Gasteiger partial charge in [-0.05, 0) is 11.4 Å². The van der Waals surface area contributed by atoms with Crippen LogP contribution in [0.15, 0.2) is 29.9 Å². The smallest absolute Gasteiger partial charge is 0.331 e. The first-order valence-electron chi connectivity index (χ1n) is 5.45. The van der Waals surface area contributed by atoms with E-state index in [2.05, 4.69) is 20.6 Å². The van der Waals surface area contributed by atoms with E-state index in [9.17, 15) is 9.59 Å². The second-order valence-corrected chi connectivity index (χ2v) is 4.63. The number of carboxylic acids is 1. The number of carbonyl (C=O) groups is 2. The predicted molar refractivity (Wildman–Crippen MR) is 68.7 cm³/mol. The molecule has 19 heavy (non-hydrogen) atoms. The van der Waals surface area contributed by atoms with Gasteiger partial charge in [0, 0.05) is 17.3 Å². The van der Waals surface area contributed by atoms with Gasteiger partial charge in [-0.15, -0.1) is 11.3 Å². The Morgan fingerprint density at radius 2 is 2.37 bits per heavy atom. The van der Waals surface area contributed by atoms with Gasteiger partial charge in [-0.1, -0.05) is 6.07 Å². The van der Waals surface area contributed by atoms with Crippen LogP contribution in [-0.4, -0.2) is 27.1 Å². The highest BCUT2D eigenvalue weighted by atomic mass is 32.1. The molecule has 2 amide bonds. The Hall–Kier alpha value is -2.35. The van der Waals surface area contributed by atoms with E-state index in [1.807, 2.05) is 0 Å². The summed E-state index contributed by atoms with van der Waals surface area (Å²) in [6, 6.07) is 1.79. The highest BCUT2D eigenvalue weighted by molar-refractivity contribution is 7.10. The molecule has 2 aromatic heterocycles. The first-order valence-corrected chi connectivity index (χ1v) is 6.33. The standard InChI is InChI=1S/C11H12N4O3S/c16-10(17)9(7-2-1-5-19-7)15-11(18)14-6-8-12-3-4-13-8/h1-5,9H,6H2,(H,12,13)(H,16,17)(H2,14,15,18). The van der Waals surface area contributed by atoms with Crippen molar-refractivity contribution >= 4 is 23.3 Å². The van der Waals surface area contributed by atoms with E-state index in [1.165, 1.54) is 11.3 Å². The summed E-state index contributed by atoms with van der Waals surface area (Å²) in [5, 5.41) is 15.8. The molecule has 4 N–H and O–H groups in total. The topological polar surface area (TPSA) is 107 Å². The summed E-state index contributed by atoms with van der Waals surface area (Å²) in [4.78, 5) is 30.1. The fourth-order valence-electron chi connectivity index (χ4n) is 1.45. The van der Waals surface area contributed by atoms with Gasteiger partial charge in [-0.3, -0.25) is 0 Å². The molecule has 0 saturated carbocycles. The molecule has 0 fully saturated rings. The molecule has 2 aromatic rings. The Labute approximate surface area is 112 Å². The number of aromatic nitrogens is 2. The molecule has 1 unspecified atom stereocenters. The van der Waals surface area contributed by atoms with Gasteiger partial charge < -0.3 is 20.7 Å². The van der Waals surface area contributed by atoms with Gasteiger partial charge in [0.15, 0.2) is 6.04 Å². The summed E-state index contributed by atoms with van der Waals surface area (Å²) in [5.74, 6) is -0.506. The van der Waals surface area contributed by atoms with Gasteiger partial charge in [-0.25, -0.2) is 14.6 Å². The molecule has 0 aliphatic heterocycles. The number of H-pyrrole nitrogens is 1. The van der Waals surface area contributed by atoms with Gasteiger partial charge >= 0.3 is 12.0 Å². The number of rotatable bonds is 5. The highest BCUT2D eigenvalue weighted by Crippen LogP contribution is 2.18. The Morgan fingerprint density at radius 3 is 2.95 bits per heavy atom. The second-order valence-electron chi connectivity index (χ2n) is 3.65. The molecule has 7 nitrogen and oxygen atoms in total. The number of nitrogens with one attached hydrogen (secondary N) is 3. The molecule has 0 saturated heterocycles. The van der Waals surface area contributed by atoms with E-state index >= 15 is 0 Å². The average Bonchev–Trinajstić information content (AvgIpc) is 3.05. The van der Waals surface area contributed by atoms with Crippen molar-refractivity contribution in [3.05, 3.63) is 40.6 Å². The number of hydrogen-bond donors (Lipinski definition) is 4. The van der Waals surface area contributed by atoms with Crippen molar-refractivity contribution in [1.82, 2.24) is 20.6 Å². The summed E-state index contributed by atoms with van der Waals surface area (Å²) in [6.45, 7) is 0.204. The number of aliphatic carboxylic acids is 1. The van der Waals surface area contributed by atoms with Crippen LogP contribution in [0.25, 0.3) is 0 Å². The van der Waals surface area contributed by atoms with Crippen LogP contribution in [0.1, 0.15) is 16.7 Å². The molecule has 2 rings (SSSR count). The van der Waals surface area contributed by atoms with E-state index in [1.54, 1.807) is 29.9 Å². The first-order chi connectivity index (χ1) is 9.16. The monoisotopic (exact) mass is 280 g/mol. The van der Waals surface area contributed by atoms with Crippen molar-refractivity contribution < 1.29 is 14.7 Å². The third kappa shape index (κ3) is 3.55. The fraction of sp³-hybridized carbons (Fsp3) is 0.182.